The minimum absolute atomic E-state index is 0.0504. The van der Waals surface area contributed by atoms with Crippen molar-refractivity contribution in [1.29, 1.82) is 0 Å². The van der Waals surface area contributed by atoms with Gasteiger partial charge in [-0.2, -0.15) is 0 Å². The van der Waals surface area contributed by atoms with Crippen LogP contribution in [0.15, 0.2) is 42.5 Å². The fourth-order valence-corrected chi connectivity index (χ4v) is 3.59. The number of hydrogen-bond donors (Lipinski definition) is 1. The van der Waals surface area contributed by atoms with E-state index in [0.717, 1.165) is 5.69 Å². The largest absolute Gasteiger partial charge is 0.394 e. The average Bonchev–Trinajstić information content (AvgIpc) is 2.67. The van der Waals surface area contributed by atoms with Crippen molar-refractivity contribution in [2.45, 2.75) is 19.9 Å². The summed E-state index contributed by atoms with van der Waals surface area (Å²) in [7, 11) is 0. The van der Waals surface area contributed by atoms with Crippen molar-refractivity contribution in [2.75, 3.05) is 31.1 Å². The van der Waals surface area contributed by atoms with Crippen molar-refractivity contribution in [2.24, 2.45) is 0 Å². The smallest absolute Gasteiger partial charge is 0.273 e. The maximum Gasteiger partial charge on any atom is 0.273 e. The molecular formula is C20H23N3O4. The third-order valence-electron chi connectivity index (χ3n) is 5.04. The van der Waals surface area contributed by atoms with Crippen LogP contribution in [0.1, 0.15) is 21.5 Å². The number of nitro groups is 1. The quantitative estimate of drug-likeness (QED) is 0.661. The Morgan fingerprint density at radius 3 is 2.52 bits per heavy atom. The van der Waals surface area contributed by atoms with Gasteiger partial charge in [0.25, 0.3) is 11.6 Å². The van der Waals surface area contributed by atoms with Gasteiger partial charge in [-0.05, 0) is 37.6 Å². The number of nitrogens with zero attached hydrogens (tertiary/aromatic N) is 3. The lowest BCUT2D eigenvalue weighted by atomic mass is 10.0. The Balaban J connectivity index is 1.83. The highest BCUT2D eigenvalue weighted by Gasteiger charge is 2.31. The number of aryl methyl sites for hydroxylation is 2. The van der Waals surface area contributed by atoms with Gasteiger partial charge in [0.2, 0.25) is 0 Å². The first-order chi connectivity index (χ1) is 12.9. The molecule has 1 saturated heterocycles. The molecule has 27 heavy (non-hydrogen) atoms. The van der Waals surface area contributed by atoms with Crippen molar-refractivity contribution in [3.05, 3.63) is 69.3 Å². The lowest BCUT2D eigenvalue weighted by molar-refractivity contribution is -0.385. The molecule has 1 unspecified atom stereocenters. The zero-order chi connectivity index (χ0) is 19.6. The first-order valence-electron chi connectivity index (χ1n) is 8.90. The van der Waals surface area contributed by atoms with Crippen LogP contribution in [-0.4, -0.2) is 53.1 Å². The molecule has 1 N–H and O–H groups in total. The standard InChI is InChI=1S/C20H23N3O4/c1-14-10-15(2)19(23(26)27)11-18(14)20(25)21-8-9-22(17(12-21)13-24)16-6-4-3-5-7-16/h3-7,10-11,17,24H,8-9,12-13H2,1-2H3. The molecule has 2 aromatic rings. The second-order valence-corrected chi connectivity index (χ2v) is 6.83. The van der Waals surface area contributed by atoms with Gasteiger partial charge in [-0.3, -0.25) is 14.9 Å². The summed E-state index contributed by atoms with van der Waals surface area (Å²) < 4.78 is 0. The Morgan fingerprint density at radius 2 is 1.89 bits per heavy atom. The Labute approximate surface area is 158 Å². The zero-order valence-electron chi connectivity index (χ0n) is 15.5. The maximum atomic E-state index is 13.0. The van der Waals surface area contributed by atoms with E-state index >= 15 is 0 Å². The topological polar surface area (TPSA) is 86.9 Å². The van der Waals surface area contributed by atoms with Gasteiger partial charge in [-0.1, -0.05) is 18.2 Å². The zero-order valence-corrected chi connectivity index (χ0v) is 15.5. The summed E-state index contributed by atoms with van der Waals surface area (Å²) in [6.45, 7) is 4.82. The number of carbonyl (C=O) groups is 1. The molecule has 0 spiro atoms. The molecule has 1 atom stereocenters. The van der Waals surface area contributed by atoms with Gasteiger partial charge >= 0.3 is 0 Å². The molecule has 1 aliphatic rings. The van der Waals surface area contributed by atoms with Gasteiger partial charge in [-0.25, -0.2) is 0 Å². The van der Waals surface area contributed by atoms with E-state index in [2.05, 4.69) is 4.90 Å². The molecule has 1 fully saturated rings. The summed E-state index contributed by atoms with van der Waals surface area (Å²) in [6, 6.07) is 12.6. The second-order valence-electron chi connectivity index (χ2n) is 6.83. The van der Waals surface area contributed by atoms with Crippen molar-refractivity contribution < 1.29 is 14.8 Å². The highest BCUT2D eigenvalue weighted by atomic mass is 16.6. The van der Waals surface area contributed by atoms with Crippen LogP contribution in [0.2, 0.25) is 0 Å². The summed E-state index contributed by atoms with van der Waals surface area (Å²) in [5, 5.41) is 21.1. The number of rotatable bonds is 4. The van der Waals surface area contributed by atoms with Crippen LogP contribution in [0, 0.1) is 24.0 Å². The predicted octanol–water partition coefficient (Wildman–Crippen LogP) is 2.53. The van der Waals surface area contributed by atoms with Gasteiger partial charge in [0.1, 0.15) is 0 Å². The Hall–Kier alpha value is -2.93. The van der Waals surface area contributed by atoms with Gasteiger partial charge in [-0.15, -0.1) is 0 Å². The highest BCUT2D eigenvalue weighted by Crippen LogP contribution is 2.26. The van der Waals surface area contributed by atoms with Crippen LogP contribution in [0.3, 0.4) is 0 Å². The van der Waals surface area contributed by atoms with Crippen LogP contribution >= 0.6 is 0 Å². The van der Waals surface area contributed by atoms with Crippen LogP contribution in [0.4, 0.5) is 11.4 Å². The molecule has 1 heterocycles. The fraction of sp³-hybridized carbons (Fsp3) is 0.350. The lowest BCUT2D eigenvalue weighted by Crippen LogP contribution is -2.56. The van der Waals surface area contributed by atoms with Crippen LogP contribution in [0.25, 0.3) is 0 Å². The van der Waals surface area contributed by atoms with Crippen LogP contribution in [-0.2, 0) is 0 Å². The van der Waals surface area contributed by atoms with Gasteiger partial charge in [0.05, 0.1) is 17.6 Å². The molecule has 7 nitrogen and oxygen atoms in total. The van der Waals surface area contributed by atoms with E-state index in [-0.39, 0.29) is 24.2 Å². The molecule has 142 valence electrons. The first-order valence-corrected chi connectivity index (χ1v) is 8.90. The molecule has 1 aliphatic heterocycles. The number of aliphatic hydroxyl groups is 1. The number of hydrogen-bond acceptors (Lipinski definition) is 5. The van der Waals surface area contributed by atoms with Crippen LogP contribution < -0.4 is 4.90 Å². The average molecular weight is 369 g/mol. The minimum atomic E-state index is -0.463. The molecule has 0 saturated carbocycles. The summed E-state index contributed by atoms with van der Waals surface area (Å²) in [4.78, 5) is 27.5. The Kier molecular flexibility index (Phi) is 5.41. The van der Waals surface area contributed by atoms with E-state index in [0.29, 0.717) is 36.3 Å². The molecule has 1 amide bonds. The molecule has 3 rings (SSSR count). The fourth-order valence-electron chi connectivity index (χ4n) is 3.59. The van der Waals surface area contributed by atoms with E-state index in [1.807, 2.05) is 30.3 Å². The first kappa shape index (κ1) is 18.8. The van der Waals surface area contributed by atoms with Gasteiger partial charge in [0.15, 0.2) is 0 Å². The van der Waals surface area contributed by atoms with E-state index in [4.69, 9.17) is 0 Å². The second kappa shape index (κ2) is 7.75. The van der Waals surface area contributed by atoms with E-state index in [9.17, 15) is 20.0 Å². The Morgan fingerprint density at radius 1 is 1.19 bits per heavy atom. The number of aliphatic hydroxyl groups excluding tert-OH is 1. The third kappa shape index (κ3) is 3.78. The normalized spacial score (nSPS) is 17.1. The minimum Gasteiger partial charge on any atom is -0.394 e. The van der Waals surface area contributed by atoms with Gasteiger partial charge < -0.3 is 14.9 Å². The van der Waals surface area contributed by atoms with Crippen molar-refractivity contribution in [3.63, 3.8) is 0 Å². The summed E-state index contributed by atoms with van der Waals surface area (Å²) in [6.07, 6.45) is 0. The maximum absolute atomic E-state index is 13.0. The summed E-state index contributed by atoms with van der Waals surface area (Å²) in [5.74, 6) is -0.234. The predicted molar refractivity (Wildman–Crippen MR) is 103 cm³/mol. The molecule has 0 bridgehead atoms. The number of benzene rings is 2. The molecular weight excluding hydrogens is 346 g/mol. The number of piperazine rings is 1. The molecule has 0 radical (unpaired) electrons. The number of nitro benzene ring substituents is 1. The summed E-state index contributed by atoms with van der Waals surface area (Å²) >= 11 is 0. The highest BCUT2D eigenvalue weighted by molar-refractivity contribution is 5.96. The van der Waals surface area contributed by atoms with Crippen molar-refractivity contribution in [1.82, 2.24) is 4.90 Å². The lowest BCUT2D eigenvalue weighted by Gasteiger charge is -2.42. The number of amides is 1. The monoisotopic (exact) mass is 369 g/mol. The van der Waals surface area contributed by atoms with Crippen LogP contribution in [0.5, 0.6) is 0 Å². The van der Waals surface area contributed by atoms with Crippen molar-refractivity contribution >= 4 is 17.3 Å². The summed E-state index contributed by atoms with van der Waals surface area (Å²) in [5.41, 5.74) is 2.55. The number of carbonyl (C=O) groups excluding carboxylic acids is 1. The van der Waals surface area contributed by atoms with Gasteiger partial charge in [0, 0.05) is 42.5 Å². The molecule has 0 aromatic heterocycles. The number of para-hydroxylation sites is 1. The van der Waals surface area contributed by atoms with E-state index in [1.165, 1.54) is 6.07 Å². The van der Waals surface area contributed by atoms with Crippen molar-refractivity contribution in [3.8, 4) is 0 Å². The Bertz CT molecular complexity index is 854. The molecule has 0 aliphatic carbocycles. The SMILES string of the molecule is Cc1cc(C)c([N+](=O)[O-])cc1C(=O)N1CCN(c2ccccc2)C(CO)C1. The molecule has 7 heteroatoms. The van der Waals surface area contributed by atoms with E-state index < -0.39 is 4.92 Å². The molecule has 2 aromatic carbocycles. The number of anilines is 1. The third-order valence-corrected chi connectivity index (χ3v) is 5.04. The van der Waals surface area contributed by atoms with E-state index in [1.54, 1.807) is 24.8 Å².